The molecular formula is C19H19N7. The first-order valence-corrected chi connectivity index (χ1v) is 9.04. The van der Waals surface area contributed by atoms with Gasteiger partial charge >= 0.3 is 0 Å². The Kier molecular flexibility index (Phi) is 2.70. The van der Waals surface area contributed by atoms with Crippen LogP contribution in [0.25, 0.3) is 22.6 Å². The average Bonchev–Trinajstić information content (AvgIpc) is 3.01. The molecule has 2 aliphatic rings. The number of aryl methyl sites for hydroxylation is 1. The number of fused-ring (bicyclic) bond motifs is 3. The number of imidazole rings is 1. The van der Waals surface area contributed by atoms with Gasteiger partial charge in [0.25, 0.3) is 0 Å². The molecule has 5 heterocycles. The van der Waals surface area contributed by atoms with Crippen LogP contribution in [0.5, 0.6) is 0 Å². The van der Waals surface area contributed by atoms with Gasteiger partial charge in [-0.2, -0.15) is 0 Å². The molecule has 4 aromatic heterocycles. The molecule has 3 atom stereocenters. The van der Waals surface area contributed by atoms with E-state index in [1.165, 1.54) is 18.8 Å². The molecule has 0 N–H and O–H groups in total. The molecule has 4 aromatic rings. The first-order valence-electron chi connectivity index (χ1n) is 9.04. The lowest BCUT2D eigenvalue weighted by Crippen LogP contribution is -2.18. The largest absolute Gasteiger partial charge is 0.306 e. The molecule has 2 fully saturated rings. The Labute approximate surface area is 150 Å². The zero-order valence-corrected chi connectivity index (χ0v) is 14.7. The normalized spacial score (nSPS) is 25.2. The summed E-state index contributed by atoms with van der Waals surface area (Å²) in [5.41, 5.74) is 4.93. The third-order valence-electron chi connectivity index (χ3n) is 5.80. The quantitative estimate of drug-likeness (QED) is 0.556. The highest BCUT2D eigenvalue weighted by atomic mass is 15.4. The molecule has 1 saturated heterocycles. The van der Waals surface area contributed by atoms with Crippen molar-refractivity contribution in [3.63, 3.8) is 0 Å². The Morgan fingerprint density at radius 3 is 2.58 bits per heavy atom. The molecule has 7 heteroatoms. The second-order valence-corrected chi connectivity index (χ2v) is 7.65. The van der Waals surface area contributed by atoms with Crippen molar-refractivity contribution in [3.05, 3.63) is 48.2 Å². The van der Waals surface area contributed by atoms with Crippen LogP contribution in [-0.4, -0.2) is 54.2 Å². The minimum Gasteiger partial charge on any atom is -0.306 e. The maximum absolute atomic E-state index is 4.87. The van der Waals surface area contributed by atoms with Crippen molar-refractivity contribution in [1.82, 2.24) is 34.1 Å². The van der Waals surface area contributed by atoms with Gasteiger partial charge in [0.1, 0.15) is 11.5 Å². The van der Waals surface area contributed by atoms with E-state index < -0.39 is 0 Å². The fourth-order valence-electron chi connectivity index (χ4n) is 4.54. The minimum atomic E-state index is 0.641. The lowest BCUT2D eigenvalue weighted by atomic mass is 10.2. The summed E-state index contributed by atoms with van der Waals surface area (Å²) in [6, 6.07) is 8.09. The molecule has 1 saturated carbocycles. The molecule has 0 spiro atoms. The highest BCUT2D eigenvalue weighted by molar-refractivity contribution is 5.62. The van der Waals surface area contributed by atoms with Crippen LogP contribution in [0.1, 0.15) is 17.4 Å². The van der Waals surface area contributed by atoms with Gasteiger partial charge in [-0.1, -0.05) is 0 Å². The summed E-state index contributed by atoms with van der Waals surface area (Å²) in [4.78, 5) is 11.6. The van der Waals surface area contributed by atoms with Crippen LogP contribution < -0.4 is 0 Å². The van der Waals surface area contributed by atoms with Gasteiger partial charge < -0.3 is 9.30 Å². The fraction of sp³-hybridized carbons (Fsp3) is 0.368. The second kappa shape index (κ2) is 4.88. The van der Waals surface area contributed by atoms with Crippen LogP contribution in [0.2, 0.25) is 0 Å². The van der Waals surface area contributed by atoms with Crippen LogP contribution in [0, 0.1) is 18.8 Å². The maximum Gasteiger partial charge on any atom is 0.176 e. The van der Waals surface area contributed by atoms with Crippen molar-refractivity contribution in [2.24, 2.45) is 11.8 Å². The molecule has 26 heavy (non-hydrogen) atoms. The van der Waals surface area contributed by atoms with Gasteiger partial charge in [0.2, 0.25) is 0 Å². The first kappa shape index (κ1) is 14.4. The second-order valence-electron chi connectivity index (χ2n) is 7.65. The van der Waals surface area contributed by atoms with E-state index in [-0.39, 0.29) is 0 Å². The third-order valence-corrected chi connectivity index (χ3v) is 5.80. The summed E-state index contributed by atoms with van der Waals surface area (Å²) in [6.07, 6.45) is 4.30. The monoisotopic (exact) mass is 345 g/mol. The van der Waals surface area contributed by atoms with Crippen LogP contribution in [-0.2, 0) is 0 Å². The van der Waals surface area contributed by atoms with Crippen molar-refractivity contribution < 1.29 is 0 Å². The van der Waals surface area contributed by atoms with E-state index in [0.29, 0.717) is 5.92 Å². The van der Waals surface area contributed by atoms with E-state index in [0.717, 1.165) is 40.2 Å². The standard InChI is InChI=1S/C19H19N7/c1-11-20-18-6-4-15(23-26(18)22-11)12-3-5-17-21-16(10-25(17)7-12)19-13-8-24(2)9-14(13)19/h3-7,10,13-14,19H,8-9H2,1-2H3/t13-,14+,19?. The number of piperidine rings is 1. The van der Waals surface area contributed by atoms with E-state index in [4.69, 9.17) is 4.98 Å². The Balaban J connectivity index is 1.37. The van der Waals surface area contributed by atoms with Crippen molar-refractivity contribution in [3.8, 4) is 11.3 Å². The first-order chi connectivity index (χ1) is 12.7. The molecule has 130 valence electrons. The SMILES string of the molecule is Cc1nc2ccc(-c3ccc4nc(C5[C@H]6CN(C)C[C@@H]56)cn4c3)nn2n1. The predicted octanol–water partition coefficient (Wildman–Crippen LogP) is 2.02. The lowest BCUT2D eigenvalue weighted by molar-refractivity contribution is 0.362. The highest BCUT2D eigenvalue weighted by Gasteiger charge is 2.56. The van der Waals surface area contributed by atoms with Gasteiger partial charge in [-0.3, -0.25) is 0 Å². The molecule has 1 unspecified atom stereocenters. The number of rotatable bonds is 2. The summed E-state index contributed by atoms with van der Waals surface area (Å²) < 4.78 is 3.72. The van der Waals surface area contributed by atoms with Crippen molar-refractivity contribution in [2.75, 3.05) is 20.1 Å². The zero-order valence-electron chi connectivity index (χ0n) is 14.7. The Morgan fingerprint density at radius 1 is 0.923 bits per heavy atom. The van der Waals surface area contributed by atoms with Crippen LogP contribution in [0.4, 0.5) is 0 Å². The Bertz CT molecular complexity index is 1150. The number of hydrogen-bond acceptors (Lipinski definition) is 5. The van der Waals surface area contributed by atoms with Crippen LogP contribution in [0.15, 0.2) is 36.7 Å². The molecule has 0 amide bonds. The van der Waals surface area contributed by atoms with E-state index >= 15 is 0 Å². The van der Waals surface area contributed by atoms with Gasteiger partial charge in [0.15, 0.2) is 5.65 Å². The van der Waals surface area contributed by atoms with Crippen LogP contribution >= 0.6 is 0 Å². The van der Waals surface area contributed by atoms with Gasteiger partial charge in [-0.15, -0.1) is 14.8 Å². The summed E-state index contributed by atoms with van der Waals surface area (Å²) in [5.74, 6) is 2.96. The average molecular weight is 345 g/mol. The smallest absolute Gasteiger partial charge is 0.176 e. The molecule has 6 rings (SSSR count). The van der Waals surface area contributed by atoms with E-state index in [1.54, 1.807) is 4.63 Å². The molecular weight excluding hydrogens is 326 g/mol. The summed E-state index contributed by atoms with van der Waals surface area (Å²) >= 11 is 0. The van der Waals surface area contributed by atoms with Crippen LogP contribution in [0.3, 0.4) is 0 Å². The van der Waals surface area contributed by atoms with E-state index in [9.17, 15) is 0 Å². The minimum absolute atomic E-state index is 0.641. The molecule has 1 aliphatic carbocycles. The third kappa shape index (κ3) is 2.03. The number of likely N-dealkylation sites (tertiary alicyclic amines) is 1. The highest BCUT2D eigenvalue weighted by Crippen LogP contribution is 2.57. The van der Waals surface area contributed by atoms with Gasteiger partial charge in [0, 0.05) is 37.0 Å². The van der Waals surface area contributed by atoms with Gasteiger partial charge in [-0.05, 0) is 50.1 Å². The maximum atomic E-state index is 4.87. The number of nitrogens with zero attached hydrogens (tertiary/aromatic N) is 7. The van der Waals surface area contributed by atoms with Gasteiger partial charge in [0.05, 0.1) is 11.4 Å². The van der Waals surface area contributed by atoms with E-state index in [1.807, 2.05) is 19.1 Å². The van der Waals surface area contributed by atoms with Gasteiger partial charge in [-0.25, -0.2) is 9.97 Å². The van der Waals surface area contributed by atoms with Crippen molar-refractivity contribution in [1.29, 1.82) is 0 Å². The van der Waals surface area contributed by atoms with Crippen molar-refractivity contribution in [2.45, 2.75) is 12.8 Å². The molecule has 1 aliphatic heterocycles. The fourth-order valence-corrected chi connectivity index (χ4v) is 4.54. The summed E-state index contributed by atoms with van der Waals surface area (Å²) in [5, 5.41) is 8.89. The Hall–Kier alpha value is -2.80. The predicted molar refractivity (Wildman–Crippen MR) is 96.9 cm³/mol. The molecule has 0 bridgehead atoms. The van der Waals surface area contributed by atoms with Crippen molar-refractivity contribution >= 4 is 11.3 Å². The molecule has 0 aromatic carbocycles. The number of hydrogen-bond donors (Lipinski definition) is 0. The summed E-state index contributed by atoms with van der Waals surface area (Å²) in [7, 11) is 2.21. The Morgan fingerprint density at radius 2 is 1.73 bits per heavy atom. The zero-order chi connectivity index (χ0) is 17.4. The van der Waals surface area contributed by atoms with E-state index in [2.05, 4.69) is 56.1 Å². The topological polar surface area (TPSA) is 63.6 Å². The molecule has 0 radical (unpaired) electrons. The lowest BCUT2D eigenvalue weighted by Gasteiger charge is -2.11. The number of pyridine rings is 1. The summed E-state index contributed by atoms with van der Waals surface area (Å²) in [6.45, 7) is 4.28. The number of aromatic nitrogens is 6. The molecule has 7 nitrogen and oxygen atoms in total.